The van der Waals surface area contributed by atoms with E-state index in [9.17, 15) is 13.2 Å². The zero-order valence-electron chi connectivity index (χ0n) is 12.4. The Bertz CT molecular complexity index is 681. The highest BCUT2D eigenvalue weighted by Crippen LogP contribution is 2.20. The standard InChI is InChI=1S/C13H19N3O4S/c1-9(2)16-6-10(5-11(16)12(17)18)21(19,20)15-8-13(3,4)7-14/h5-6,9,15H,8H2,1-4H3,(H,17,18). The quantitative estimate of drug-likeness (QED) is 0.828. The number of carboxylic acid groups (broad SMARTS) is 1. The molecule has 0 saturated heterocycles. The summed E-state index contributed by atoms with van der Waals surface area (Å²) in [5, 5.41) is 18.0. The summed E-state index contributed by atoms with van der Waals surface area (Å²) in [4.78, 5) is 11.0. The van der Waals surface area contributed by atoms with E-state index in [1.807, 2.05) is 6.07 Å². The Morgan fingerprint density at radius 3 is 2.48 bits per heavy atom. The smallest absolute Gasteiger partial charge is 0.352 e. The van der Waals surface area contributed by atoms with Crippen LogP contribution in [0, 0.1) is 16.7 Å². The van der Waals surface area contributed by atoms with Crippen molar-refractivity contribution in [3.63, 3.8) is 0 Å². The van der Waals surface area contributed by atoms with Gasteiger partial charge < -0.3 is 9.67 Å². The zero-order chi connectivity index (χ0) is 16.4. The molecular formula is C13H19N3O4S. The van der Waals surface area contributed by atoms with E-state index in [0.717, 1.165) is 6.07 Å². The van der Waals surface area contributed by atoms with Crippen LogP contribution in [0.2, 0.25) is 0 Å². The number of carbonyl (C=O) groups is 1. The van der Waals surface area contributed by atoms with Gasteiger partial charge in [0.05, 0.1) is 11.5 Å². The topological polar surface area (TPSA) is 112 Å². The van der Waals surface area contributed by atoms with Crippen molar-refractivity contribution in [2.75, 3.05) is 6.54 Å². The number of nitrogens with one attached hydrogen (secondary N) is 1. The second-order valence-electron chi connectivity index (χ2n) is 5.69. The molecule has 0 saturated carbocycles. The third kappa shape index (κ3) is 4.06. The summed E-state index contributed by atoms with van der Waals surface area (Å²) in [6, 6.07) is 2.92. The van der Waals surface area contributed by atoms with Crippen LogP contribution in [0.4, 0.5) is 0 Å². The SMILES string of the molecule is CC(C)n1cc(S(=O)(=O)NCC(C)(C)C#N)cc1C(=O)O. The van der Waals surface area contributed by atoms with Crippen molar-refractivity contribution in [1.82, 2.24) is 9.29 Å². The minimum atomic E-state index is -3.86. The second kappa shape index (κ2) is 5.87. The molecule has 1 rings (SSSR count). The maximum Gasteiger partial charge on any atom is 0.352 e. The molecule has 8 heteroatoms. The highest BCUT2D eigenvalue weighted by atomic mass is 32.2. The van der Waals surface area contributed by atoms with E-state index in [4.69, 9.17) is 10.4 Å². The predicted molar refractivity (Wildman–Crippen MR) is 76.4 cm³/mol. The van der Waals surface area contributed by atoms with E-state index in [1.54, 1.807) is 27.7 Å². The molecule has 0 atom stereocenters. The average molecular weight is 313 g/mol. The summed E-state index contributed by atoms with van der Waals surface area (Å²) in [6.07, 6.45) is 1.29. The number of hydrogen-bond acceptors (Lipinski definition) is 4. The first kappa shape index (κ1) is 17.2. The van der Waals surface area contributed by atoms with Crippen LogP contribution in [-0.4, -0.2) is 30.6 Å². The number of hydrogen-bond donors (Lipinski definition) is 2. The number of carboxylic acids is 1. The Morgan fingerprint density at radius 2 is 2.10 bits per heavy atom. The number of sulfonamides is 1. The molecule has 21 heavy (non-hydrogen) atoms. The van der Waals surface area contributed by atoms with Crippen molar-refractivity contribution >= 4 is 16.0 Å². The first-order chi connectivity index (χ1) is 9.50. The molecule has 0 spiro atoms. The highest BCUT2D eigenvalue weighted by molar-refractivity contribution is 7.89. The largest absolute Gasteiger partial charge is 0.477 e. The average Bonchev–Trinajstić information content (AvgIpc) is 2.83. The molecule has 0 aliphatic rings. The number of nitriles is 1. The van der Waals surface area contributed by atoms with Gasteiger partial charge in [-0.15, -0.1) is 0 Å². The van der Waals surface area contributed by atoms with Crippen molar-refractivity contribution < 1.29 is 18.3 Å². The molecule has 0 aliphatic heterocycles. The van der Waals surface area contributed by atoms with Crippen molar-refractivity contribution in [2.24, 2.45) is 5.41 Å². The molecule has 0 aromatic carbocycles. The normalized spacial score (nSPS) is 12.4. The molecule has 2 N–H and O–H groups in total. The Labute approximate surface area is 124 Å². The van der Waals surface area contributed by atoms with E-state index in [1.165, 1.54) is 10.8 Å². The number of nitrogens with zero attached hydrogens (tertiary/aromatic N) is 2. The zero-order valence-corrected chi connectivity index (χ0v) is 13.2. The van der Waals surface area contributed by atoms with Crippen molar-refractivity contribution in [3.8, 4) is 6.07 Å². The summed E-state index contributed by atoms with van der Waals surface area (Å²) in [5.74, 6) is -1.19. The summed E-state index contributed by atoms with van der Waals surface area (Å²) in [5.41, 5.74) is -0.937. The lowest BCUT2D eigenvalue weighted by atomic mass is 9.97. The molecular weight excluding hydrogens is 294 g/mol. The van der Waals surface area contributed by atoms with Gasteiger partial charge in [-0.05, 0) is 33.8 Å². The van der Waals surface area contributed by atoms with Gasteiger partial charge in [0.25, 0.3) is 0 Å². The van der Waals surface area contributed by atoms with Gasteiger partial charge in [0.2, 0.25) is 10.0 Å². The third-order valence-electron chi connectivity index (χ3n) is 2.92. The summed E-state index contributed by atoms with van der Waals surface area (Å²) < 4.78 is 28.1. The molecule has 1 aromatic heterocycles. The van der Waals surface area contributed by atoms with Gasteiger partial charge in [-0.25, -0.2) is 17.9 Å². The fraction of sp³-hybridized carbons (Fsp3) is 0.538. The van der Waals surface area contributed by atoms with Gasteiger partial charge in [-0.1, -0.05) is 0 Å². The van der Waals surface area contributed by atoms with E-state index in [0.29, 0.717) is 0 Å². The van der Waals surface area contributed by atoms with Crippen LogP contribution in [0.5, 0.6) is 0 Å². The summed E-state index contributed by atoms with van der Waals surface area (Å²) >= 11 is 0. The van der Waals surface area contributed by atoms with E-state index < -0.39 is 21.4 Å². The number of aromatic carboxylic acids is 1. The van der Waals surface area contributed by atoms with Gasteiger partial charge in [0.15, 0.2) is 0 Å². The maximum absolute atomic E-state index is 12.2. The Morgan fingerprint density at radius 1 is 1.52 bits per heavy atom. The van der Waals surface area contributed by atoms with Gasteiger partial charge >= 0.3 is 5.97 Å². The minimum absolute atomic E-state index is 0.0545. The number of aromatic nitrogens is 1. The van der Waals surface area contributed by atoms with Crippen LogP contribution in [0.15, 0.2) is 17.2 Å². The Balaban J connectivity index is 3.13. The monoisotopic (exact) mass is 313 g/mol. The molecule has 0 bridgehead atoms. The Hall–Kier alpha value is -1.85. The van der Waals surface area contributed by atoms with Crippen LogP contribution in [-0.2, 0) is 10.0 Å². The molecule has 116 valence electrons. The van der Waals surface area contributed by atoms with E-state index >= 15 is 0 Å². The van der Waals surface area contributed by atoms with Gasteiger partial charge in [0, 0.05) is 18.8 Å². The van der Waals surface area contributed by atoms with Crippen LogP contribution in [0.3, 0.4) is 0 Å². The van der Waals surface area contributed by atoms with E-state index in [2.05, 4.69) is 4.72 Å². The van der Waals surface area contributed by atoms with Gasteiger partial charge in [0.1, 0.15) is 10.6 Å². The van der Waals surface area contributed by atoms with Crippen LogP contribution in [0.1, 0.15) is 44.2 Å². The molecule has 0 unspecified atom stereocenters. The fourth-order valence-electron chi connectivity index (χ4n) is 1.60. The van der Waals surface area contributed by atoms with Gasteiger partial charge in [-0.3, -0.25) is 0 Å². The Kier molecular flexibility index (Phi) is 4.81. The van der Waals surface area contributed by atoms with Crippen molar-refractivity contribution in [2.45, 2.75) is 38.6 Å². The summed E-state index contributed by atoms with van der Waals surface area (Å²) in [6.45, 7) is 6.68. The molecule has 7 nitrogen and oxygen atoms in total. The molecule has 0 aliphatic carbocycles. The van der Waals surface area contributed by atoms with Crippen molar-refractivity contribution in [3.05, 3.63) is 18.0 Å². The van der Waals surface area contributed by atoms with Gasteiger partial charge in [-0.2, -0.15) is 5.26 Å². The lowest BCUT2D eigenvalue weighted by molar-refractivity contribution is 0.0683. The number of rotatable bonds is 6. The van der Waals surface area contributed by atoms with Crippen LogP contribution in [0.25, 0.3) is 0 Å². The summed E-state index contributed by atoms with van der Waals surface area (Å²) in [7, 11) is -3.86. The molecule has 0 fully saturated rings. The lowest BCUT2D eigenvalue weighted by Gasteiger charge is -2.15. The molecule has 0 amide bonds. The minimum Gasteiger partial charge on any atom is -0.477 e. The fourth-order valence-corrected chi connectivity index (χ4v) is 2.83. The predicted octanol–water partition coefficient (Wildman–Crippen LogP) is 1.60. The maximum atomic E-state index is 12.2. The third-order valence-corrected chi connectivity index (χ3v) is 4.28. The first-order valence-electron chi connectivity index (χ1n) is 6.36. The molecule has 1 aromatic rings. The molecule has 1 heterocycles. The lowest BCUT2D eigenvalue weighted by Crippen LogP contribution is -2.33. The van der Waals surface area contributed by atoms with Crippen LogP contribution < -0.4 is 4.72 Å². The highest BCUT2D eigenvalue weighted by Gasteiger charge is 2.25. The van der Waals surface area contributed by atoms with E-state index in [-0.39, 0.29) is 23.2 Å². The van der Waals surface area contributed by atoms with Crippen molar-refractivity contribution in [1.29, 1.82) is 5.26 Å². The second-order valence-corrected chi connectivity index (χ2v) is 7.45. The first-order valence-corrected chi connectivity index (χ1v) is 7.84. The van der Waals surface area contributed by atoms with Crippen LogP contribution >= 0.6 is 0 Å². The molecule has 0 radical (unpaired) electrons.